The molecule has 1 saturated carbocycles. The maximum Gasteiger partial charge on any atom is 0.273 e. The number of nitrogens with one attached hydrogen (secondary N) is 1. The molecule has 2 aliphatic rings. The van der Waals surface area contributed by atoms with E-state index in [4.69, 9.17) is 11.6 Å². The average molecular weight is 511 g/mol. The lowest BCUT2D eigenvalue weighted by Crippen LogP contribution is -2.53. The Hall–Kier alpha value is -2.76. The number of rotatable bonds is 7. The fraction of sp³-hybridized carbons (Fsp3) is 0.409. The van der Waals surface area contributed by atoms with Gasteiger partial charge in [0.15, 0.2) is 5.82 Å². The van der Waals surface area contributed by atoms with E-state index in [1.807, 2.05) is 0 Å². The predicted octanol–water partition coefficient (Wildman–Crippen LogP) is 1.45. The third-order valence-electron chi connectivity index (χ3n) is 6.41. The van der Waals surface area contributed by atoms with Gasteiger partial charge in [0.1, 0.15) is 11.3 Å². The highest BCUT2D eigenvalue weighted by Crippen LogP contribution is 2.43. The summed E-state index contributed by atoms with van der Waals surface area (Å²) in [4.78, 5) is 39.9. The second-order valence-corrected chi connectivity index (χ2v) is 11.2. The molecular weight excluding hydrogens is 487 g/mol. The molecule has 0 radical (unpaired) electrons. The minimum Gasteiger partial charge on any atom is -0.348 e. The molecule has 0 spiro atoms. The number of hydrogen-bond donors (Lipinski definition) is 1. The molecule has 1 aliphatic heterocycles. The summed E-state index contributed by atoms with van der Waals surface area (Å²) in [6.45, 7) is 0.308. The van der Waals surface area contributed by atoms with Gasteiger partial charge in [0.05, 0.1) is 11.8 Å². The molecule has 9 nitrogen and oxygen atoms in total. The first-order valence-corrected chi connectivity index (χ1v) is 12.8. The zero-order chi connectivity index (χ0) is 24.8. The fourth-order valence-corrected chi connectivity index (χ4v) is 5.22. The van der Waals surface area contributed by atoms with Gasteiger partial charge >= 0.3 is 0 Å². The number of benzene rings is 1. The van der Waals surface area contributed by atoms with E-state index in [0.29, 0.717) is 17.9 Å². The van der Waals surface area contributed by atoms with Gasteiger partial charge in [-0.25, -0.2) is 12.8 Å². The van der Waals surface area contributed by atoms with Crippen molar-refractivity contribution in [1.29, 1.82) is 0 Å². The maximum atomic E-state index is 15.0. The summed E-state index contributed by atoms with van der Waals surface area (Å²) in [6, 6.07) is 7.52. The van der Waals surface area contributed by atoms with Gasteiger partial charge < -0.3 is 10.2 Å². The van der Waals surface area contributed by atoms with E-state index in [2.05, 4.69) is 5.32 Å². The summed E-state index contributed by atoms with van der Waals surface area (Å²) >= 11 is 5.84. The Balaban J connectivity index is 1.54. The molecule has 182 valence electrons. The number of pyridine rings is 1. The van der Waals surface area contributed by atoms with Crippen molar-refractivity contribution < 1.29 is 22.4 Å². The molecule has 1 aliphatic carbocycles. The number of sulfonamides is 1. The van der Waals surface area contributed by atoms with Crippen LogP contribution in [-0.4, -0.2) is 65.9 Å². The third-order valence-corrected chi connectivity index (χ3v) is 8.05. The number of carbonyl (C=O) groups excluding carboxylic acids is 2. The van der Waals surface area contributed by atoms with Crippen molar-refractivity contribution in [3.05, 3.63) is 68.3 Å². The molecule has 12 heteroatoms. The smallest absolute Gasteiger partial charge is 0.273 e. The van der Waals surface area contributed by atoms with Crippen LogP contribution < -0.4 is 10.9 Å². The van der Waals surface area contributed by atoms with Crippen molar-refractivity contribution in [2.45, 2.75) is 31.5 Å². The Morgan fingerprint density at radius 1 is 1.21 bits per heavy atom. The van der Waals surface area contributed by atoms with Crippen LogP contribution in [0.15, 0.2) is 35.1 Å². The van der Waals surface area contributed by atoms with Crippen LogP contribution in [0, 0.1) is 5.82 Å². The first-order chi connectivity index (χ1) is 15.9. The molecule has 1 aromatic carbocycles. The first kappa shape index (κ1) is 24.4. The fourth-order valence-electron chi connectivity index (χ4n) is 4.15. The van der Waals surface area contributed by atoms with Gasteiger partial charge in [-0.3, -0.25) is 19.0 Å². The lowest BCUT2D eigenvalue weighted by Gasteiger charge is -2.35. The molecule has 1 N–H and O–H groups in total. The Labute approximate surface area is 201 Å². The van der Waals surface area contributed by atoms with Gasteiger partial charge in [0, 0.05) is 38.2 Å². The van der Waals surface area contributed by atoms with E-state index in [1.54, 1.807) is 24.3 Å². The van der Waals surface area contributed by atoms with Gasteiger partial charge in [-0.15, -0.1) is 0 Å². The molecular formula is C22H24ClFN4O5S. The van der Waals surface area contributed by atoms with Gasteiger partial charge in [0.25, 0.3) is 17.4 Å². The summed E-state index contributed by atoms with van der Waals surface area (Å²) in [5.41, 5.74) is -1.55. The second kappa shape index (κ2) is 8.79. The van der Waals surface area contributed by atoms with Crippen molar-refractivity contribution >= 4 is 33.4 Å². The van der Waals surface area contributed by atoms with Crippen molar-refractivity contribution in [3.8, 4) is 0 Å². The summed E-state index contributed by atoms with van der Waals surface area (Å²) in [7, 11) is -2.01. The summed E-state index contributed by atoms with van der Waals surface area (Å²) in [6.07, 6.45) is 2.27. The summed E-state index contributed by atoms with van der Waals surface area (Å²) in [5, 5.41) is 3.12. The Morgan fingerprint density at radius 2 is 1.85 bits per heavy atom. The van der Waals surface area contributed by atoms with Crippen molar-refractivity contribution in [2.75, 3.05) is 26.4 Å². The molecule has 2 amide bonds. The molecule has 0 saturated heterocycles. The van der Waals surface area contributed by atoms with Crippen LogP contribution in [0.3, 0.4) is 0 Å². The van der Waals surface area contributed by atoms with Crippen molar-refractivity contribution in [2.24, 2.45) is 0 Å². The Bertz CT molecular complexity index is 1320. The zero-order valence-corrected chi connectivity index (χ0v) is 20.2. The van der Waals surface area contributed by atoms with Crippen LogP contribution in [0.1, 0.15) is 39.3 Å². The van der Waals surface area contributed by atoms with Gasteiger partial charge in [-0.05, 0) is 36.6 Å². The Kier molecular flexibility index (Phi) is 6.30. The van der Waals surface area contributed by atoms with Crippen LogP contribution >= 0.6 is 11.6 Å². The number of halogens is 2. The number of nitrogens with zero attached hydrogens (tertiary/aromatic N) is 3. The molecule has 0 unspecified atom stereocenters. The SMILES string of the molecule is CN(C1(CN2CCn3c(c(F)cc(C(=O)NCc4ccc(Cl)cc4)c3=O)C2=O)CC1)S(C)(=O)=O. The minimum absolute atomic E-state index is 0.00615. The number of amides is 2. The van der Waals surface area contributed by atoms with Crippen LogP contribution in [0.2, 0.25) is 5.02 Å². The largest absolute Gasteiger partial charge is 0.348 e. The molecule has 0 bridgehead atoms. The second-order valence-electron chi connectivity index (χ2n) is 8.70. The molecule has 1 fully saturated rings. The quantitative estimate of drug-likeness (QED) is 0.606. The Morgan fingerprint density at radius 3 is 2.44 bits per heavy atom. The van der Waals surface area contributed by atoms with Crippen LogP contribution in [0.5, 0.6) is 0 Å². The summed E-state index contributed by atoms with van der Waals surface area (Å²) < 4.78 is 41.2. The van der Waals surface area contributed by atoms with E-state index in [0.717, 1.165) is 22.5 Å². The maximum absolute atomic E-state index is 15.0. The third kappa shape index (κ3) is 4.59. The number of fused-ring (bicyclic) bond motifs is 1. The highest BCUT2D eigenvalue weighted by molar-refractivity contribution is 7.88. The van der Waals surface area contributed by atoms with Crippen molar-refractivity contribution in [1.82, 2.24) is 19.1 Å². The first-order valence-electron chi connectivity index (χ1n) is 10.6. The summed E-state index contributed by atoms with van der Waals surface area (Å²) in [5.74, 6) is -2.44. The average Bonchev–Trinajstić information content (AvgIpc) is 3.56. The highest BCUT2D eigenvalue weighted by Gasteiger charge is 2.52. The standard InChI is InChI=1S/C22H24ClFN4O5S/c1-26(34(2,32)33)22(7-8-22)13-27-9-10-28-18(21(27)31)17(24)11-16(20(28)30)19(29)25-12-14-3-5-15(23)6-4-14/h3-6,11H,7-10,12-13H2,1-2H3,(H,25,29). The molecule has 34 heavy (non-hydrogen) atoms. The zero-order valence-electron chi connectivity index (χ0n) is 18.7. The van der Waals surface area contributed by atoms with E-state index in [9.17, 15) is 27.2 Å². The molecule has 2 heterocycles. The van der Waals surface area contributed by atoms with E-state index in [-0.39, 0.29) is 26.2 Å². The molecule has 0 atom stereocenters. The van der Waals surface area contributed by atoms with Crippen LogP contribution in [-0.2, 0) is 23.1 Å². The number of aromatic nitrogens is 1. The van der Waals surface area contributed by atoms with Crippen molar-refractivity contribution in [3.63, 3.8) is 0 Å². The molecule has 1 aromatic heterocycles. The minimum atomic E-state index is -3.47. The van der Waals surface area contributed by atoms with E-state index < -0.39 is 50.0 Å². The monoisotopic (exact) mass is 510 g/mol. The highest BCUT2D eigenvalue weighted by atomic mass is 35.5. The lowest BCUT2D eigenvalue weighted by molar-refractivity contribution is 0.0643. The topological polar surface area (TPSA) is 109 Å². The molecule has 2 aromatic rings. The van der Waals surface area contributed by atoms with Gasteiger partial charge in [-0.1, -0.05) is 23.7 Å². The number of likely N-dealkylation sites (N-methyl/N-ethyl adjacent to an activating group) is 1. The predicted molar refractivity (Wildman–Crippen MR) is 124 cm³/mol. The number of carbonyl (C=O) groups is 2. The van der Waals surface area contributed by atoms with E-state index in [1.165, 1.54) is 16.3 Å². The lowest BCUT2D eigenvalue weighted by atomic mass is 10.1. The van der Waals surface area contributed by atoms with E-state index >= 15 is 0 Å². The number of hydrogen-bond acceptors (Lipinski definition) is 5. The van der Waals surface area contributed by atoms with Crippen LogP contribution in [0.4, 0.5) is 4.39 Å². The van der Waals surface area contributed by atoms with Gasteiger partial charge in [-0.2, -0.15) is 4.31 Å². The van der Waals surface area contributed by atoms with Gasteiger partial charge in [0.2, 0.25) is 10.0 Å². The normalized spacial score (nSPS) is 17.0. The molecule has 4 rings (SSSR count). The van der Waals surface area contributed by atoms with Crippen LogP contribution in [0.25, 0.3) is 0 Å².